The average Bonchev–Trinajstić information content (AvgIpc) is 3.40. The van der Waals surface area contributed by atoms with Gasteiger partial charge >= 0.3 is 5.97 Å². The molecule has 0 saturated heterocycles. The van der Waals surface area contributed by atoms with E-state index in [2.05, 4.69) is 42.5 Å². The van der Waals surface area contributed by atoms with Crippen molar-refractivity contribution in [1.29, 1.82) is 0 Å². The summed E-state index contributed by atoms with van der Waals surface area (Å²) in [6.45, 7) is 2.05. The van der Waals surface area contributed by atoms with E-state index in [0.717, 1.165) is 48.3 Å². The van der Waals surface area contributed by atoms with Crippen LogP contribution in [-0.4, -0.2) is 24.2 Å². The van der Waals surface area contributed by atoms with Gasteiger partial charge in [-0.3, -0.25) is 0 Å². The Morgan fingerprint density at radius 2 is 1.65 bits per heavy atom. The van der Waals surface area contributed by atoms with Crippen molar-refractivity contribution in [2.45, 2.75) is 32.6 Å². The van der Waals surface area contributed by atoms with Gasteiger partial charge in [-0.05, 0) is 56.2 Å². The first-order chi connectivity index (χ1) is 18.2. The molecule has 0 N–H and O–H groups in total. The fraction of sp³-hybridized carbons (Fsp3) is 0.250. The lowest BCUT2D eigenvalue weighted by molar-refractivity contribution is -0.145. The van der Waals surface area contributed by atoms with E-state index in [-0.39, 0.29) is 12.6 Å². The molecule has 1 atom stereocenters. The van der Waals surface area contributed by atoms with Gasteiger partial charge in [-0.1, -0.05) is 78.9 Å². The third kappa shape index (κ3) is 6.00. The Morgan fingerprint density at radius 3 is 2.35 bits per heavy atom. The van der Waals surface area contributed by atoms with Crippen molar-refractivity contribution in [1.82, 2.24) is 4.98 Å². The Bertz CT molecular complexity index is 1280. The summed E-state index contributed by atoms with van der Waals surface area (Å²) in [5, 5.41) is 0. The maximum atomic E-state index is 11.6. The van der Waals surface area contributed by atoms with Crippen LogP contribution in [0, 0.1) is 5.92 Å². The lowest BCUT2D eigenvalue weighted by Gasteiger charge is -2.22. The molecule has 5 nitrogen and oxygen atoms in total. The maximum Gasteiger partial charge on any atom is 0.344 e. The van der Waals surface area contributed by atoms with Gasteiger partial charge in [0.05, 0.1) is 6.61 Å². The number of carbonyl (C=O) groups is 1. The van der Waals surface area contributed by atoms with Gasteiger partial charge in [-0.25, -0.2) is 9.78 Å². The van der Waals surface area contributed by atoms with Crippen LogP contribution in [0.3, 0.4) is 0 Å². The highest BCUT2D eigenvalue weighted by Gasteiger charge is 2.26. The normalized spacial score (nSPS) is 15.2. The number of hydrogen-bond acceptors (Lipinski definition) is 5. The minimum atomic E-state index is -0.362. The van der Waals surface area contributed by atoms with Crippen molar-refractivity contribution in [3.05, 3.63) is 102 Å². The lowest BCUT2D eigenvalue weighted by Crippen LogP contribution is -2.14. The number of hydrogen-bond donors (Lipinski definition) is 0. The molecule has 5 heteroatoms. The summed E-state index contributed by atoms with van der Waals surface area (Å²) in [7, 11) is 0. The van der Waals surface area contributed by atoms with E-state index < -0.39 is 0 Å². The summed E-state index contributed by atoms with van der Waals surface area (Å²) in [6.07, 6.45) is 6.42. The van der Waals surface area contributed by atoms with E-state index in [1.54, 1.807) is 6.92 Å². The van der Waals surface area contributed by atoms with Gasteiger partial charge in [0.15, 0.2) is 12.4 Å². The van der Waals surface area contributed by atoms with E-state index >= 15 is 0 Å². The molecule has 1 aromatic heterocycles. The summed E-state index contributed by atoms with van der Waals surface area (Å²) in [5.74, 6) is 2.11. The highest BCUT2D eigenvalue weighted by Crippen LogP contribution is 2.40. The smallest absolute Gasteiger partial charge is 0.344 e. The number of ether oxygens (including phenoxy) is 2. The van der Waals surface area contributed by atoms with Gasteiger partial charge in [-0.15, -0.1) is 0 Å². The first-order valence-corrected chi connectivity index (χ1v) is 12.9. The van der Waals surface area contributed by atoms with Crippen molar-refractivity contribution < 1.29 is 18.7 Å². The molecule has 0 bridgehead atoms. The third-order valence-corrected chi connectivity index (χ3v) is 6.59. The standard InChI is InChI=1S/C32H31NO4/c1-2-35-29(34)22-36-27-19-17-23(18-20-27)21-26-15-9-10-16-28(26)32-33-30(24-11-5-3-6-12-24)31(37-32)25-13-7-4-8-14-25/h3-8,11-14,16-20,26H,2,9-10,15,21-22H2,1H3. The number of esters is 1. The van der Waals surface area contributed by atoms with Crippen molar-refractivity contribution >= 4 is 11.5 Å². The molecule has 0 amide bonds. The quantitative estimate of drug-likeness (QED) is 0.228. The Balaban J connectivity index is 1.38. The minimum absolute atomic E-state index is 0.0830. The summed E-state index contributed by atoms with van der Waals surface area (Å²) in [4.78, 5) is 16.6. The first kappa shape index (κ1) is 24.6. The van der Waals surface area contributed by atoms with Gasteiger partial charge in [-0.2, -0.15) is 0 Å². The van der Waals surface area contributed by atoms with Crippen molar-refractivity contribution in [2.75, 3.05) is 13.2 Å². The molecular weight excluding hydrogens is 462 g/mol. The van der Waals surface area contributed by atoms with Crippen LogP contribution in [0.5, 0.6) is 5.75 Å². The van der Waals surface area contributed by atoms with Crippen molar-refractivity contribution in [2.24, 2.45) is 5.92 Å². The molecule has 1 unspecified atom stereocenters. The SMILES string of the molecule is CCOC(=O)COc1ccc(CC2CCCC=C2c2nc(-c3ccccc3)c(-c3ccccc3)o2)cc1. The molecule has 1 aliphatic carbocycles. The number of carbonyl (C=O) groups excluding carboxylic acids is 1. The predicted octanol–water partition coefficient (Wildman–Crippen LogP) is 7.38. The first-order valence-electron chi connectivity index (χ1n) is 12.9. The van der Waals surface area contributed by atoms with Crippen LogP contribution in [0.1, 0.15) is 37.6 Å². The van der Waals surface area contributed by atoms with Crippen LogP contribution in [0.4, 0.5) is 0 Å². The van der Waals surface area contributed by atoms with E-state index in [1.165, 1.54) is 11.1 Å². The molecule has 0 saturated carbocycles. The summed E-state index contributed by atoms with van der Waals surface area (Å²) < 4.78 is 17.0. The predicted molar refractivity (Wildman–Crippen MR) is 145 cm³/mol. The number of nitrogens with zero attached hydrogens (tertiary/aromatic N) is 1. The summed E-state index contributed by atoms with van der Waals surface area (Å²) in [5.41, 5.74) is 5.32. The third-order valence-electron chi connectivity index (χ3n) is 6.59. The van der Waals surface area contributed by atoms with Gasteiger partial charge in [0, 0.05) is 16.7 Å². The second kappa shape index (κ2) is 11.7. The zero-order valence-electron chi connectivity index (χ0n) is 21.1. The van der Waals surface area contributed by atoms with E-state index in [1.807, 2.05) is 48.5 Å². The van der Waals surface area contributed by atoms with Crippen LogP contribution in [-0.2, 0) is 16.0 Å². The van der Waals surface area contributed by atoms with Gasteiger partial charge < -0.3 is 13.9 Å². The van der Waals surface area contributed by atoms with E-state index in [4.69, 9.17) is 18.9 Å². The lowest BCUT2D eigenvalue weighted by atomic mass is 9.83. The zero-order chi connectivity index (χ0) is 25.5. The molecule has 0 radical (unpaired) electrons. The van der Waals surface area contributed by atoms with Gasteiger partial charge in [0.2, 0.25) is 5.89 Å². The second-order valence-corrected chi connectivity index (χ2v) is 9.16. The number of aromatic nitrogens is 1. The van der Waals surface area contributed by atoms with Crippen molar-refractivity contribution in [3.63, 3.8) is 0 Å². The average molecular weight is 494 g/mol. The summed E-state index contributed by atoms with van der Waals surface area (Å²) >= 11 is 0. The Kier molecular flexibility index (Phi) is 7.80. The molecule has 1 aliphatic rings. The fourth-order valence-electron chi connectivity index (χ4n) is 4.79. The maximum absolute atomic E-state index is 11.6. The van der Waals surface area contributed by atoms with Crippen LogP contribution in [0.25, 0.3) is 28.2 Å². The number of oxazole rings is 1. The van der Waals surface area contributed by atoms with Crippen molar-refractivity contribution in [3.8, 4) is 28.3 Å². The molecule has 0 spiro atoms. The molecule has 1 heterocycles. The fourth-order valence-corrected chi connectivity index (χ4v) is 4.79. The second-order valence-electron chi connectivity index (χ2n) is 9.16. The number of benzene rings is 3. The number of rotatable bonds is 9. The molecular formula is C32H31NO4. The number of allylic oxidation sites excluding steroid dienone is 2. The highest BCUT2D eigenvalue weighted by molar-refractivity contribution is 5.79. The molecule has 37 heavy (non-hydrogen) atoms. The van der Waals surface area contributed by atoms with Crippen LogP contribution in [0.15, 0.2) is 95.4 Å². The molecule has 0 fully saturated rings. The molecule has 3 aromatic carbocycles. The van der Waals surface area contributed by atoms with Crippen LogP contribution < -0.4 is 4.74 Å². The Labute approximate surface area is 217 Å². The highest BCUT2D eigenvalue weighted by atomic mass is 16.6. The minimum Gasteiger partial charge on any atom is -0.482 e. The Hall–Kier alpha value is -4.12. The topological polar surface area (TPSA) is 61.6 Å². The molecule has 5 rings (SSSR count). The summed E-state index contributed by atoms with van der Waals surface area (Å²) in [6, 6.07) is 28.4. The van der Waals surface area contributed by atoms with Crippen LogP contribution in [0.2, 0.25) is 0 Å². The van der Waals surface area contributed by atoms with E-state index in [0.29, 0.717) is 24.2 Å². The van der Waals surface area contributed by atoms with Crippen LogP contribution >= 0.6 is 0 Å². The monoisotopic (exact) mass is 493 g/mol. The van der Waals surface area contributed by atoms with Gasteiger partial charge in [0.25, 0.3) is 0 Å². The molecule has 188 valence electrons. The largest absolute Gasteiger partial charge is 0.482 e. The molecule has 0 aliphatic heterocycles. The molecule has 4 aromatic rings. The van der Waals surface area contributed by atoms with E-state index in [9.17, 15) is 4.79 Å². The zero-order valence-corrected chi connectivity index (χ0v) is 21.1. The van der Waals surface area contributed by atoms with Gasteiger partial charge in [0.1, 0.15) is 11.4 Å². The Morgan fingerprint density at radius 1 is 0.946 bits per heavy atom.